The Bertz CT molecular complexity index is 322. The van der Waals surface area contributed by atoms with E-state index in [1.165, 1.54) is 6.08 Å². The van der Waals surface area contributed by atoms with Crippen molar-refractivity contribution in [2.24, 2.45) is 0 Å². The van der Waals surface area contributed by atoms with Crippen LogP contribution in [-0.2, 0) is 0 Å². The maximum absolute atomic E-state index is 10.4. The smallest absolute Gasteiger partial charge is 0.259 e. The summed E-state index contributed by atoms with van der Waals surface area (Å²) in [6.45, 7) is 0. The number of benzene rings is 1. The highest BCUT2D eigenvalue weighted by Crippen LogP contribution is 2.08. The quantitative estimate of drug-likeness (QED) is 0.425. The number of hydrogen-bond donors (Lipinski definition) is 0. The summed E-state index contributed by atoms with van der Waals surface area (Å²) in [5, 5.41) is 10.4. The summed E-state index contributed by atoms with van der Waals surface area (Å²) in [4.78, 5) is 9.92. The molecule has 13 heavy (non-hydrogen) atoms. The monoisotopic (exact) mass is 197 g/mol. The van der Waals surface area contributed by atoms with Crippen molar-refractivity contribution in [3.8, 4) is 0 Å². The molecule has 0 N–H and O–H groups in total. The minimum atomic E-state index is -0.472. The number of alkyl halides is 1. The van der Waals surface area contributed by atoms with Gasteiger partial charge in [0.05, 0.1) is 4.92 Å². The Morgan fingerprint density at radius 1 is 1.46 bits per heavy atom. The molecule has 0 aliphatic carbocycles. The third-order valence-electron chi connectivity index (χ3n) is 1.50. The maximum atomic E-state index is 10.4. The van der Waals surface area contributed by atoms with E-state index in [1.54, 1.807) is 12.1 Å². The molecule has 0 saturated heterocycles. The molecule has 68 valence electrons. The molecule has 0 spiro atoms. The van der Waals surface area contributed by atoms with E-state index in [-0.39, 0.29) is 11.6 Å². The van der Waals surface area contributed by atoms with Gasteiger partial charge in [0.15, 0.2) is 0 Å². The summed E-state index contributed by atoms with van der Waals surface area (Å²) in [5.74, 6) is -0.0815. The zero-order valence-corrected chi connectivity index (χ0v) is 7.57. The normalized spacial score (nSPS) is 11.3. The highest BCUT2D eigenvalue weighted by atomic mass is 35.5. The number of halogens is 1. The molecule has 0 fully saturated rings. The van der Waals surface area contributed by atoms with Gasteiger partial charge in [-0.05, 0) is 5.56 Å². The van der Waals surface area contributed by atoms with E-state index in [9.17, 15) is 10.1 Å². The molecule has 0 saturated carbocycles. The molecule has 0 atom stereocenters. The lowest BCUT2D eigenvalue weighted by atomic mass is 10.2. The van der Waals surface area contributed by atoms with E-state index in [2.05, 4.69) is 0 Å². The fraction of sp³-hybridized carbons (Fsp3) is 0.111. The summed E-state index contributed by atoms with van der Waals surface area (Å²) in [6, 6.07) is 9.06. The lowest BCUT2D eigenvalue weighted by Gasteiger charge is -1.93. The molecule has 0 aromatic heterocycles. The Balaban J connectivity index is 2.92. The van der Waals surface area contributed by atoms with Crippen LogP contribution in [0.1, 0.15) is 5.56 Å². The van der Waals surface area contributed by atoms with Gasteiger partial charge >= 0.3 is 0 Å². The van der Waals surface area contributed by atoms with Crippen LogP contribution in [0.15, 0.2) is 36.0 Å². The molecule has 0 radical (unpaired) electrons. The molecule has 3 nitrogen and oxygen atoms in total. The first-order valence-corrected chi connectivity index (χ1v) is 4.23. The van der Waals surface area contributed by atoms with Gasteiger partial charge in [-0.25, -0.2) is 0 Å². The Hall–Kier alpha value is -1.35. The molecule has 0 bridgehead atoms. The number of hydrogen-bond acceptors (Lipinski definition) is 2. The average molecular weight is 198 g/mol. The van der Waals surface area contributed by atoms with Crippen molar-refractivity contribution in [3.05, 3.63) is 51.7 Å². The summed E-state index contributed by atoms with van der Waals surface area (Å²) in [5.41, 5.74) is 0.794. The van der Waals surface area contributed by atoms with Crippen molar-refractivity contribution in [2.45, 2.75) is 0 Å². The second-order valence-electron chi connectivity index (χ2n) is 2.44. The molecule has 4 heteroatoms. The SMILES string of the molecule is O=[N+]([O-])/C(=C/c1ccccc1)CCl. The van der Waals surface area contributed by atoms with Crippen LogP contribution in [0.3, 0.4) is 0 Å². The van der Waals surface area contributed by atoms with Crippen molar-refractivity contribution < 1.29 is 4.92 Å². The van der Waals surface area contributed by atoms with Crippen molar-refractivity contribution in [3.63, 3.8) is 0 Å². The van der Waals surface area contributed by atoms with E-state index in [4.69, 9.17) is 11.6 Å². The van der Waals surface area contributed by atoms with Crippen LogP contribution in [0.4, 0.5) is 0 Å². The zero-order chi connectivity index (χ0) is 9.68. The van der Waals surface area contributed by atoms with Gasteiger partial charge in [0, 0.05) is 6.08 Å². The Morgan fingerprint density at radius 2 is 2.08 bits per heavy atom. The first kappa shape index (κ1) is 9.74. The molecule has 1 aromatic carbocycles. The van der Waals surface area contributed by atoms with Gasteiger partial charge in [0.25, 0.3) is 5.70 Å². The van der Waals surface area contributed by atoms with Gasteiger partial charge in [0.2, 0.25) is 0 Å². The topological polar surface area (TPSA) is 43.1 Å². The molecular formula is C9H8ClNO2. The van der Waals surface area contributed by atoms with Crippen molar-refractivity contribution in [1.29, 1.82) is 0 Å². The second kappa shape index (κ2) is 4.62. The van der Waals surface area contributed by atoms with Crippen molar-refractivity contribution in [2.75, 3.05) is 5.88 Å². The lowest BCUT2D eigenvalue weighted by molar-refractivity contribution is -0.422. The third kappa shape index (κ3) is 2.87. The van der Waals surface area contributed by atoms with Crippen LogP contribution < -0.4 is 0 Å². The predicted molar refractivity (Wildman–Crippen MR) is 52.1 cm³/mol. The molecule has 0 amide bonds. The van der Waals surface area contributed by atoms with Gasteiger partial charge in [-0.15, -0.1) is 11.6 Å². The van der Waals surface area contributed by atoms with Gasteiger partial charge in [0.1, 0.15) is 5.88 Å². The van der Waals surface area contributed by atoms with E-state index >= 15 is 0 Å². The van der Waals surface area contributed by atoms with Gasteiger partial charge in [-0.1, -0.05) is 30.3 Å². The van der Waals surface area contributed by atoms with Crippen LogP contribution in [0, 0.1) is 10.1 Å². The van der Waals surface area contributed by atoms with Crippen molar-refractivity contribution >= 4 is 17.7 Å². The Morgan fingerprint density at radius 3 is 2.54 bits per heavy atom. The minimum absolute atomic E-state index is 0.00728. The third-order valence-corrected chi connectivity index (χ3v) is 1.78. The molecule has 1 rings (SSSR count). The number of rotatable bonds is 3. The predicted octanol–water partition coefficient (Wildman–Crippen LogP) is 2.54. The molecular weight excluding hydrogens is 190 g/mol. The van der Waals surface area contributed by atoms with Crippen LogP contribution in [0.2, 0.25) is 0 Å². The van der Waals surface area contributed by atoms with E-state index in [0.717, 1.165) is 5.56 Å². The van der Waals surface area contributed by atoms with Gasteiger partial charge in [-0.3, -0.25) is 10.1 Å². The first-order chi connectivity index (χ1) is 6.24. The molecule has 0 heterocycles. The summed E-state index contributed by atoms with van der Waals surface area (Å²) >= 11 is 5.40. The van der Waals surface area contributed by atoms with E-state index in [1.807, 2.05) is 18.2 Å². The summed E-state index contributed by atoms with van der Waals surface area (Å²) < 4.78 is 0. The highest BCUT2D eigenvalue weighted by molar-refractivity contribution is 6.19. The number of nitro groups is 1. The average Bonchev–Trinajstić information content (AvgIpc) is 2.15. The number of allylic oxidation sites excluding steroid dienone is 1. The largest absolute Gasteiger partial charge is 0.261 e. The molecule has 0 unspecified atom stereocenters. The molecule has 0 aliphatic rings. The van der Waals surface area contributed by atoms with Crippen LogP contribution in [0.25, 0.3) is 6.08 Å². The van der Waals surface area contributed by atoms with Crippen LogP contribution in [-0.4, -0.2) is 10.8 Å². The first-order valence-electron chi connectivity index (χ1n) is 3.70. The fourth-order valence-corrected chi connectivity index (χ4v) is 1.06. The van der Waals surface area contributed by atoms with E-state index in [0.29, 0.717) is 0 Å². The van der Waals surface area contributed by atoms with Gasteiger partial charge < -0.3 is 0 Å². The van der Waals surface area contributed by atoms with Gasteiger partial charge in [-0.2, -0.15) is 0 Å². The molecule has 1 aromatic rings. The van der Waals surface area contributed by atoms with Crippen LogP contribution in [0.5, 0.6) is 0 Å². The second-order valence-corrected chi connectivity index (χ2v) is 2.70. The molecule has 0 aliphatic heterocycles. The maximum Gasteiger partial charge on any atom is 0.261 e. The summed E-state index contributed by atoms with van der Waals surface area (Å²) in [6.07, 6.45) is 1.47. The van der Waals surface area contributed by atoms with Crippen molar-refractivity contribution in [1.82, 2.24) is 0 Å². The zero-order valence-electron chi connectivity index (χ0n) is 6.81. The number of nitrogens with zero attached hydrogens (tertiary/aromatic N) is 1. The fourth-order valence-electron chi connectivity index (χ4n) is 0.882. The summed E-state index contributed by atoms with van der Waals surface area (Å²) in [7, 11) is 0. The lowest BCUT2D eigenvalue weighted by Crippen LogP contribution is -1.99. The highest BCUT2D eigenvalue weighted by Gasteiger charge is 2.07. The minimum Gasteiger partial charge on any atom is -0.259 e. The van der Waals surface area contributed by atoms with E-state index < -0.39 is 4.92 Å². The Labute approximate surface area is 80.8 Å². The standard InChI is InChI=1S/C9H8ClNO2/c10-7-9(11(12)13)6-8-4-2-1-3-5-8/h1-6H,7H2/b9-6+. The Kier molecular flexibility index (Phi) is 3.46. The van der Waals surface area contributed by atoms with Crippen LogP contribution >= 0.6 is 11.6 Å².